The number of fused-ring (bicyclic) bond motifs is 1. The molecule has 0 bridgehead atoms. The van der Waals surface area contributed by atoms with E-state index in [1.54, 1.807) is 34.8 Å². The van der Waals surface area contributed by atoms with E-state index in [0.29, 0.717) is 36.6 Å². The van der Waals surface area contributed by atoms with Gasteiger partial charge in [-0.1, -0.05) is 17.7 Å². The SMILES string of the molecule is CC(=O)N1CCc2nc(N3CCN(Cc4ccc(Cl)cc4F)CC3)c(-c3cnn(C)c3)nc2C1. The van der Waals surface area contributed by atoms with Crippen LogP contribution in [0.3, 0.4) is 0 Å². The van der Waals surface area contributed by atoms with Crippen molar-refractivity contribution in [2.45, 2.75) is 26.4 Å². The molecule has 5 rings (SSSR count). The van der Waals surface area contributed by atoms with E-state index >= 15 is 0 Å². The number of aryl methyl sites for hydroxylation is 1. The van der Waals surface area contributed by atoms with Crippen molar-refractivity contribution in [1.29, 1.82) is 0 Å². The summed E-state index contributed by atoms with van der Waals surface area (Å²) in [7, 11) is 1.88. The predicted octanol–water partition coefficient (Wildman–Crippen LogP) is 2.90. The zero-order valence-corrected chi connectivity index (χ0v) is 20.1. The van der Waals surface area contributed by atoms with Crippen molar-refractivity contribution in [3.63, 3.8) is 0 Å². The van der Waals surface area contributed by atoms with Gasteiger partial charge in [0.1, 0.15) is 11.5 Å². The zero-order chi connectivity index (χ0) is 23.8. The topological polar surface area (TPSA) is 70.4 Å². The number of anilines is 1. The lowest BCUT2D eigenvalue weighted by atomic mass is 10.1. The zero-order valence-electron chi connectivity index (χ0n) is 19.3. The summed E-state index contributed by atoms with van der Waals surface area (Å²) in [5.41, 5.74) is 4.14. The number of hydrogen-bond donors (Lipinski definition) is 0. The first-order chi connectivity index (χ1) is 16.4. The van der Waals surface area contributed by atoms with Crippen molar-refractivity contribution < 1.29 is 9.18 Å². The molecule has 0 spiro atoms. The van der Waals surface area contributed by atoms with E-state index in [9.17, 15) is 9.18 Å². The van der Waals surface area contributed by atoms with Crippen LogP contribution in [0.15, 0.2) is 30.6 Å². The van der Waals surface area contributed by atoms with Gasteiger partial charge in [0, 0.05) is 82.0 Å². The van der Waals surface area contributed by atoms with Crippen LogP contribution < -0.4 is 4.90 Å². The highest BCUT2D eigenvalue weighted by Crippen LogP contribution is 2.31. The summed E-state index contributed by atoms with van der Waals surface area (Å²) in [4.78, 5) is 28.2. The molecule has 0 radical (unpaired) electrons. The molecule has 2 aliphatic rings. The Kier molecular flexibility index (Phi) is 6.22. The number of nitrogens with zero attached hydrogens (tertiary/aromatic N) is 7. The Balaban J connectivity index is 1.38. The summed E-state index contributed by atoms with van der Waals surface area (Å²) in [6.07, 6.45) is 4.42. The van der Waals surface area contributed by atoms with Gasteiger partial charge in [0.2, 0.25) is 5.91 Å². The first kappa shape index (κ1) is 22.7. The maximum Gasteiger partial charge on any atom is 0.219 e. The Bertz CT molecular complexity index is 1220. The summed E-state index contributed by atoms with van der Waals surface area (Å²) >= 11 is 5.89. The molecule has 1 amide bonds. The molecule has 4 heterocycles. The van der Waals surface area contributed by atoms with E-state index < -0.39 is 0 Å². The normalized spacial score (nSPS) is 16.6. The van der Waals surface area contributed by atoms with Gasteiger partial charge < -0.3 is 9.80 Å². The van der Waals surface area contributed by atoms with Gasteiger partial charge >= 0.3 is 0 Å². The summed E-state index contributed by atoms with van der Waals surface area (Å²) in [5.74, 6) is 0.627. The molecule has 1 saturated heterocycles. The van der Waals surface area contributed by atoms with Crippen molar-refractivity contribution in [3.8, 4) is 11.3 Å². The van der Waals surface area contributed by atoms with Gasteiger partial charge in [-0.15, -0.1) is 0 Å². The quantitative estimate of drug-likeness (QED) is 0.568. The number of carbonyl (C=O) groups is 1. The third-order valence-electron chi connectivity index (χ3n) is 6.50. The second kappa shape index (κ2) is 9.31. The molecule has 34 heavy (non-hydrogen) atoms. The number of piperazine rings is 1. The smallest absolute Gasteiger partial charge is 0.219 e. The highest BCUT2D eigenvalue weighted by molar-refractivity contribution is 6.30. The average molecular weight is 484 g/mol. The van der Waals surface area contributed by atoms with E-state index in [0.717, 1.165) is 54.6 Å². The van der Waals surface area contributed by atoms with Crippen LogP contribution >= 0.6 is 11.6 Å². The van der Waals surface area contributed by atoms with Crippen LogP contribution in [0, 0.1) is 5.82 Å². The van der Waals surface area contributed by atoms with Crippen molar-refractivity contribution in [1.82, 2.24) is 29.5 Å². The second-order valence-corrected chi connectivity index (χ2v) is 9.32. The third kappa shape index (κ3) is 4.63. The number of benzene rings is 1. The molecule has 2 aromatic heterocycles. The Morgan fingerprint density at radius 1 is 1.12 bits per heavy atom. The van der Waals surface area contributed by atoms with Crippen LogP contribution in [-0.4, -0.2) is 68.2 Å². The minimum absolute atomic E-state index is 0.0488. The molecule has 0 aliphatic carbocycles. The molecule has 8 nitrogen and oxygen atoms in total. The predicted molar refractivity (Wildman–Crippen MR) is 128 cm³/mol. The van der Waals surface area contributed by atoms with Crippen LogP contribution in [0.4, 0.5) is 10.2 Å². The largest absolute Gasteiger partial charge is 0.352 e. The molecule has 0 saturated carbocycles. The van der Waals surface area contributed by atoms with Gasteiger partial charge in [-0.2, -0.15) is 5.10 Å². The first-order valence-electron chi connectivity index (χ1n) is 11.4. The van der Waals surface area contributed by atoms with Crippen molar-refractivity contribution >= 4 is 23.3 Å². The molecule has 0 N–H and O–H groups in total. The third-order valence-corrected chi connectivity index (χ3v) is 6.73. The summed E-state index contributed by atoms with van der Waals surface area (Å²) < 4.78 is 16.0. The monoisotopic (exact) mass is 483 g/mol. The van der Waals surface area contributed by atoms with Gasteiger partial charge in [0.25, 0.3) is 0 Å². The van der Waals surface area contributed by atoms with E-state index in [4.69, 9.17) is 21.6 Å². The van der Waals surface area contributed by atoms with E-state index in [2.05, 4.69) is 14.9 Å². The van der Waals surface area contributed by atoms with Gasteiger partial charge in [0.15, 0.2) is 5.82 Å². The van der Waals surface area contributed by atoms with E-state index in [1.165, 1.54) is 6.07 Å². The van der Waals surface area contributed by atoms with Crippen LogP contribution in [0.1, 0.15) is 23.9 Å². The molecule has 10 heteroatoms. The number of hydrogen-bond acceptors (Lipinski definition) is 6. The maximum atomic E-state index is 14.3. The molecule has 0 unspecified atom stereocenters. The number of halogens is 2. The Morgan fingerprint density at radius 2 is 1.91 bits per heavy atom. The first-order valence-corrected chi connectivity index (χ1v) is 11.8. The van der Waals surface area contributed by atoms with Crippen LogP contribution in [0.2, 0.25) is 5.02 Å². The Morgan fingerprint density at radius 3 is 2.59 bits per heavy atom. The van der Waals surface area contributed by atoms with Gasteiger partial charge in [-0.3, -0.25) is 14.4 Å². The molecule has 2 aliphatic heterocycles. The van der Waals surface area contributed by atoms with Crippen molar-refractivity contribution in [3.05, 3.63) is 58.4 Å². The maximum absolute atomic E-state index is 14.3. The lowest BCUT2D eigenvalue weighted by Crippen LogP contribution is -2.47. The van der Waals surface area contributed by atoms with Gasteiger partial charge in [0.05, 0.1) is 24.1 Å². The fourth-order valence-electron chi connectivity index (χ4n) is 4.56. The molecular formula is C24H27ClFN7O. The van der Waals surface area contributed by atoms with Crippen LogP contribution in [0.25, 0.3) is 11.3 Å². The molecule has 178 valence electrons. The number of aromatic nitrogens is 4. The molecule has 0 atom stereocenters. The van der Waals surface area contributed by atoms with Crippen LogP contribution in [-0.2, 0) is 31.4 Å². The van der Waals surface area contributed by atoms with Gasteiger partial charge in [-0.05, 0) is 12.1 Å². The lowest BCUT2D eigenvalue weighted by Gasteiger charge is -2.37. The van der Waals surface area contributed by atoms with Crippen molar-refractivity contribution in [2.24, 2.45) is 7.05 Å². The lowest BCUT2D eigenvalue weighted by molar-refractivity contribution is -0.129. The van der Waals surface area contributed by atoms with E-state index in [1.807, 2.05) is 13.2 Å². The summed E-state index contributed by atoms with van der Waals surface area (Å²) in [6, 6.07) is 4.85. The summed E-state index contributed by atoms with van der Waals surface area (Å²) in [6.45, 7) is 6.35. The highest BCUT2D eigenvalue weighted by atomic mass is 35.5. The van der Waals surface area contributed by atoms with E-state index in [-0.39, 0.29) is 11.7 Å². The second-order valence-electron chi connectivity index (χ2n) is 8.88. The minimum atomic E-state index is -0.269. The number of amides is 1. The molecule has 1 aromatic carbocycles. The fourth-order valence-corrected chi connectivity index (χ4v) is 4.72. The fraction of sp³-hybridized carbons (Fsp3) is 0.417. The summed E-state index contributed by atoms with van der Waals surface area (Å²) in [5, 5.41) is 4.73. The van der Waals surface area contributed by atoms with Crippen LogP contribution in [0.5, 0.6) is 0 Å². The number of carbonyl (C=O) groups excluding carboxylic acids is 1. The standard InChI is InChI=1S/C24H27ClFN7O/c1-16(34)33-6-5-21-22(15-33)28-23(18-12-27-30(2)13-18)24(29-21)32-9-7-31(8-10-32)14-17-3-4-19(25)11-20(17)26/h3-4,11-13H,5-10,14-15H2,1-2H3. The molecule has 3 aromatic rings. The van der Waals surface area contributed by atoms with Crippen molar-refractivity contribution in [2.75, 3.05) is 37.6 Å². The minimum Gasteiger partial charge on any atom is -0.352 e. The Labute approximate surface area is 203 Å². The van der Waals surface area contributed by atoms with Gasteiger partial charge in [-0.25, -0.2) is 14.4 Å². The number of rotatable bonds is 4. The highest BCUT2D eigenvalue weighted by Gasteiger charge is 2.27. The molecule has 1 fully saturated rings. The molecular weight excluding hydrogens is 457 g/mol. The average Bonchev–Trinajstić information content (AvgIpc) is 3.26. The Hall–Kier alpha value is -3.04.